The number of rotatable bonds is 3. The summed E-state index contributed by atoms with van der Waals surface area (Å²) in [5.74, 6) is 1.94. The van der Waals surface area contributed by atoms with Gasteiger partial charge in [0.05, 0.1) is 11.8 Å². The van der Waals surface area contributed by atoms with Crippen LogP contribution in [0.15, 0.2) is 27.5 Å². The molecule has 16 heavy (non-hydrogen) atoms. The zero-order valence-electron chi connectivity index (χ0n) is 8.85. The highest BCUT2D eigenvalue weighted by atomic mass is 16.5. The van der Waals surface area contributed by atoms with Gasteiger partial charge in [-0.3, -0.25) is 0 Å². The van der Waals surface area contributed by atoms with E-state index >= 15 is 0 Å². The Labute approximate surface area is 92.8 Å². The van der Waals surface area contributed by atoms with E-state index in [1.54, 1.807) is 12.5 Å². The van der Waals surface area contributed by atoms with E-state index in [9.17, 15) is 0 Å². The summed E-state index contributed by atoms with van der Waals surface area (Å²) in [4.78, 5) is 4.35. The molecule has 1 N–H and O–H groups in total. The molecule has 1 unspecified atom stereocenters. The molecule has 2 aromatic rings. The van der Waals surface area contributed by atoms with Gasteiger partial charge in [-0.1, -0.05) is 5.16 Å². The van der Waals surface area contributed by atoms with Crippen LogP contribution in [0.5, 0.6) is 0 Å². The van der Waals surface area contributed by atoms with Crippen LogP contribution in [0.1, 0.15) is 12.3 Å². The maximum absolute atomic E-state index is 5.22. The van der Waals surface area contributed by atoms with Gasteiger partial charge in [-0.05, 0) is 31.5 Å². The topological polar surface area (TPSA) is 64.1 Å². The first-order valence-corrected chi connectivity index (χ1v) is 5.48. The van der Waals surface area contributed by atoms with E-state index in [4.69, 9.17) is 8.94 Å². The molecule has 0 bridgehead atoms. The van der Waals surface area contributed by atoms with E-state index in [2.05, 4.69) is 15.5 Å². The second kappa shape index (κ2) is 4.09. The molecule has 5 heteroatoms. The smallest absolute Gasteiger partial charge is 0.227 e. The average Bonchev–Trinajstić information content (AvgIpc) is 2.99. The van der Waals surface area contributed by atoms with E-state index in [0.29, 0.717) is 17.6 Å². The summed E-state index contributed by atoms with van der Waals surface area (Å²) >= 11 is 0. The van der Waals surface area contributed by atoms with Gasteiger partial charge in [-0.15, -0.1) is 0 Å². The molecule has 1 atom stereocenters. The molecule has 3 heterocycles. The minimum atomic E-state index is 0.606. The molecule has 1 saturated heterocycles. The Bertz CT molecular complexity index is 444. The number of nitrogens with zero attached hydrogens (tertiary/aromatic N) is 2. The summed E-state index contributed by atoms with van der Waals surface area (Å²) in [6.07, 6.45) is 5.26. The fourth-order valence-corrected chi connectivity index (χ4v) is 1.98. The maximum Gasteiger partial charge on any atom is 0.227 e. The number of aromatic nitrogens is 2. The minimum absolute atomic E-state index is 0.606. The Kier molecular flexibility index (Phi) is 2.46. The molecular formula is C11H13N3O2. The lowest BCUT2D eigenvalue weighted by molar-refractivity contribution is 0.358. The summed E-state index contributed by atoms with van der Waals surface area (Å²) in [5.41, 5.74) is 0.861. The normalized spacial score (nSPS) is 20.4. The van der Waals surface area contributed by atoms with E-state index in [-0.39, 0.29) is 0 Å². The summed E-state index contributed by atoms with van der Waals surface area (Å²) < 4.78 is 10.2. The van der Waals surface area contributed by atoms with Crippen LogP contribution in [0.4, 0.5) is 0 Å². The molecule has 0 aliphatic carbocycles. The first kappa shape index (κ1) is 9.59. The van der Waals surface area contributed by atoms with Crippen LogP contribution in [0.3, 0.4) is 0 Å². The summed E-state index contributed by atoms with van der Waals surface area (Å²) in [6, 6.07) is 1.83. The van der Waals surface area contributed by atoms with E-state index in [1.165, 1.54) is 6.42 Å². The van der Waals surface area contributed by atoms with Gasteiger partial charge in [0.1, 0.15) is 6.26 Å². The van der Waals surface area contributed by atoms with Gasteiger partial charge in [0.25, 0.3) is 0 Å². The summed E-state index contributed by atoms with van der Waals surface area (Å²) in [5, 5.41) is 7.26. The molecule has 0 spiro atoms. The largest absolute Gasteiger partial charge is 0.472 e. The number of hydrogen-bond donors (Lipinski definition) is 1. The fraction of sp³-hybridized carbons (Fsp3) is 0.455. The molecule has 1 aliphatic rings. The van der Waals surface area contributed by atoms with Gasteiger partial charge in [0.2, 0.25) is 11.7 Å². The molecule has 2 aromatic heterocycles. The fourth-order valence-electron chi connectivity index (χ4n) is 1.98. The molecule has 5 nitrogen and oxygen atoms in total. The van der Waals surface area contributed by atoms with E-state index in [1.807, 2.05) is 6.07 Å². The van der Waals surface area contributed by atoms with Gasteiger partial charge in [0.15, 0.2) is 0 Å². The first-order valence-electron chi connectivity index (χ1n) is 5.48. The van der Waals surface area contributed by atoms with Gasteiger partial charge in [-0.2, -0.15) is 4.98 Å². The lowest BCUT2D eigenvalue weighted by Gasteiger charge is -2.01. The van der Waals surface area contributed by atoms with Crippen LogP contribution in [0.2, 0.25) is 0 Å². The molecule has 84 valence electrons. The Morgan fingerprint density at radius 3 is 3.25 bits per heavy atom. The lowest BCUT2D eigenvalue weighted by Crippen LogP contribution is -2.10. The highest BCUT2D eigenvalue weighted by molar-refractivity contribution is 5.51. The second-order valence-electron chi connectivity index (χ2n) is 4.09. The van der Waals surface area contributed by atoms with Crippen molar-refractivity contribution in [2.24, 2.45) is 5.92 Å². The van der Waals surface area contributed by atoms with Gasteiger partial charge >= 0.3 is 0 Å². The monoisotopic (exact) mass is 219 g/mol. The third kappa shape index (κ3) is 1.86. The minimum Gasteiger partial charge on any atom is -0.472 e. The van der Waals surface area contributed by atoms with Crippen molar-refractivity contribution in [3.8, 4) is 11.4 Å². The van der Waals surface area contributed by atoms with Crippen LogP contribution in [0, 0.1) is 5.92 Å². The van der Waals surface area contributed by atoms with E-state index < -0.39 is 0 Å². The van der Waals surface area contributed by atoms with Crippen molar-refractivity contribution >= 4 is 0 Å². The van der Waals surface area contributed by atoms with Crippen LogP contribution >= 0.6 is 0 Å². The van der Waals surface area contributed by atoms with Crippen LogP contribution in [-0.4, -0.2) is 23.2 Å². The van der Waals surface area contributed by atoms with Crippen LogP contribution in [-0.2, 0) is 6.42 Å². The van der Waals surface area contributed by atoms with Crippen LogP contribution in [0.25, 0.3) is 11.4 Å². The number of nitrogens with one attached hydrogen (secondary N) is 1. The van der Waals surface area contributed by atoms with Crippen molar-refractivity contribution in [3.05, 3.63) is 24.5 Å². The zero-order valence-corrected chi connectivity index (χ0v) is 8.85. The molecular weight excluding hydrogens is 206 g/mol. The quantitative estimate of drug-likeness (QED) is 0.847. The molecule has 0 aromatic carbocycles. The first-order chi connectivity index (χ1) is 7.92. The SMILES string of the molecule is c1cc(-c2noc(CC3CCNC3)n2)co1. The van der Waals surface area contributed by atoms with Crippen molar-refractivity contribution in [2.75, 3.05) is 13.1 Å². The van der Waals surface area contributed by atoms with Crippen molar-refractivity contribution in [2.45, 2.75) is 12.8 Å². The van der Waals surface area contributed by atoms with Gasteiger partial charge < -0.3 is 14.3 Å². The summed E-state index contributed by atoms with van der Waals surface area (Å²) in [6.45, 7) is 2.14. The molecule has 0 amide bonds. The highest BCUT2D eigenvalue weighted by Gasteiger charge is 2.18. The zero-order chi connectivity index (χ0) is 10.8. The molecule has 0 radical (unpaired) electrons. The second-order valence-corrected chi connectivity index (χ2v) is 4.09. The molecule has 1 fully saturated rings. The molecule has 0 saturated carbocycles. The Balaban J connectivity index is 1.72. The standard InChI is InChI=1S/C11H13N3O2/c1-3-12-6-8(1)5-10-13-11(14-16-10)9-2-4-15-7-9/h2,4,7-8,12H,1,3,5-6H2. The van der Waals surface area contributed by atoms with Crippen molar-refractivity contribution in [3.63, 3.8) is 0 Å². The maximum atomic E-state index is 5.22. The summed E-state index contributed by atoms with van der Waals surface area (Å²) in [7, 11) is 0. The van der Waals surface area contributed by atoms with Crippen LogP contribution < -0.4 is 5.32 Å². The van der Waals surface area contributed by atoms with Crippen molar-refractivity contribution in [1.82, 2.24) is 15.5 Å². The third-order valence-corrected chi connectivity index (χ3v) is 2.87. The predicted octanol–water partition coefficient (Wildman–Crippen LogP) is 1.48. The third-order valence-electron chi connectivity index (χ3n) is 2.87. The number of hydrogen-bond acceptors (Lipinski definition) is 5. The van der Waals surface area contributed by atoms with Crippen molar-refractivity contribution < 1.29 is 8.94 Å². The Hall–Kier alpha value is -1.62. The Morgan fingerprint density at radius 1 is 1.50 bits per heavy atom. The van der Waals surface area contributed by atoms with Gasteiger partial charge in [-0.25, -0.2) is 0 Å². The Morgan fingerprint density at radius 2 is 2.50 bits per heavy atom. The molecule has 1 aliphatic heterocycles. The highest BCUT2D eigenvalue weighted by Crippen LogP contribution is 2.18. The van der Waals surface area contributed by atoms with Gasteiger partial charge in [0, 0.05) is 6.42 Å². The average molecular weight is 219 g/mol. The molecule has 3 rings (SSSR count). The van der Waals surface area contributed by atoms with Crippen molar-refractivity contribution in [1.29, 1.82) is 0 Å². The lowest BCUT2D eigenvalue weighted by atomic mass is 10.1. The number of furan rings is 1. The van der Waals surface area contributed by atoms with E-state index in [0.717, 1.165) is 25.1 Å². The predicted molar refractivity (Wildman–Crippen MR) is 56.7 cm³/mol.